The fourth-order valence-electron chi connectivity index (χ4n) is 2.03. The van der Waals surface area contributed by atoms with Gasteiger partial charge in [-0.05, 0) is 31.2 Å². The third-order valence-electron chi connectivity index (χ3n) is 3.00. The minimum Gasteiger partial charge on any atom is -0.505 e. The average Bonchev–Trinajstić information content (AvgIpc) is 2.42. The van der Waals surface area contributed by atoms with E-state index in [2.05, 4.69) is 5.32 Å². The monoisotopic (exact) mass is 279 g/mol. The first-order valence-electron chi connectivity index (χ1n) is 6.10. The largest absolute Gasteiger partial charge is 0.505 e. The molecule has 0 saturated carbocycles. The van der Waals surface area contributed by atoms with E-state index in [1.54, 1.807) is 19.1 Å². The molecule has 0 aliphatic heterocycles. The van der Waals surface area contributed by atoms with Crippen molar-refractivity contribution in [3.8, 4) is 11.5 Å². The van der Waals surface area contributed by atoms with Gasteiger partial charge >= 0.3 is 0 Å². The van der Waals surface area contributed by atoms with Crippen LogP contribution in [-0.2, 0) is 0 Å². The van der Waals surface area contributed by atoms with E-state index < -0.39 is 23.4 Å². The van der Waals surface area contributed by atoms with Crippen molar-refractivity contribution in [2.24, 2.45) is 0 Å². The van der Waals surface area contributed by atoms with E-state index >= 15 is 0 Å². The van der Waals surface area contributed by atoms with Gasteiger partial charge in [0.2, 0.25) is 0 Å². The van der Waals surface area contributed by atoms with Gasteiger partial charge < -0.3 is 15.2 Å². The summed E-state index contributed by atoms with van der Waals surface area (Å²) in [4.78, 5) is 0. The lowest BCUT2D eigenvalue weighted by Gasteiger charge is -2.19. The minimum atomic E-state index is -0.734. The highest BCUT2D eigenvalue weighted by Gasteiger charge is 2.16. The second kappa shape index (κ2) is 5.77. The smallest absolute Gasteiger partial charge is 0.166 e. The highest BCUT2D eigenvalue weighted by Crippen LogP contribution is 2.30. The standard InChI is InChI=1S/C15H15F2NO2/c1-9(15-11(16)4-3-5-14(15)20-2)18-10-6-7-13(19)12(17)8-10/h3-9,18-19H,1-2H3. The van der Waals surface area contributed by atoms with Gasteiger partial charge in [0.25, 0.3) is 0 Å². The third-order valence-corrected chi connectivity index (χ3v) is 3.00. The normalized spacial score (nSPS) is 12.0. The maximum absolute atomic E-state index is 13.9. The van der Waals surface area contributed by atoms with E-state index in [1.165, 1.54) is 25.3 Å². The van der Waals surface area contributed by atoms with Crippen molar-refractivity contribution in [3.05, 3.63) is 53.6 Å². The predicted molar refractivity (Wildman–Crippen MR) is 73.1 cm³/mol. The number of phenols is 1. The van der Waals surface area contributed by atoms with Crippen LogP contribution < -0.4 is 10.1 Å². The molecule has 0 aromatic heterocycles. The average molecular weight is 279 g/mol. The molecule has 2 aromatic carbocycles. The summed E-state index contributed by atoms with van der Waals surface area (Å²) in [5.74, 6) is -1.14. The van der Waals surface area contributed by atoms with Gasteiger partial charge in [0.15, 0.2) is 11.6 Å². The molecule has 1 unspecified atom stereocenters. The second-order valence-electron chi connectivity index (χ2n) is 4.39. The summed E-state index contributed by atoms with van der Waals surface area (Å²) in [6.07, 6.45) is 0. The lowest BCUT2D eigenvalue weighted by Crippen LogP contribution is -2.10. The SMILES string of the molecule is COc1cccc(F)c1C(C)Nc1ccc(O)c(F)c1. The van der Waals surface area contributed by atoms with Gasteiger partial charge in [0.05, 0.1) is 18.7 Å². The molecular formula is C15H15F2NO2. The number of halogens is 2. The first kappa shape index (κ1) is 14.1. The Hall–Kier alpha value is -2.30. The van der Waals surface area contributed by atoms with E-state index in [0.717, 1.165) is 6.07 Å². The first-order valence-corrected chi connectivity index (χ1v) is 6.10. The summed E-state index contributed by atoms with van der Waals surface area (Å²) >= 11 is 0. The Labute approximate surface area is 115 Å². The summed E-state index contributed by atoms with van der Waals surface area (Å²) in [7, 11) is 1.46. The Morgan fingerprint density at radius 3 is 2.55 bits per heavy atom. The van der Waals surface area contributed by atoms with Gasteiger partial charge in [-0.3, -0.25) is 0 Å². The fourth-order valence-corrected chi connectivity index (χ4v) is 2.03. The lowest BCUT2D eigenvalue weighted by atomic mass is 10.1. The molecule has 0 spiro atoms. The van der Waals surface area contributed by atoms with Crippen LogP contribution in [0.3, 0.4) is 0 Å². The molecule has 0 aliphatic rings. The topological polar surface area (TPSA) is 41.5 Å². The number of ether oxygens (including phenoxy) is 1. The van der Waals surface area contributed by atoms with Crippen molar-refractivity contribution < 1.29 is 18.6 Å². The van der Waals surface area contributed by atoms with Gasteiger partial charge in [-0.15, -0.1) is 0 Å². The molecule has 0 heterocycles. The number of hydrogen-bond donors (Lipinski definition) is 2. The molecule has 106 valence electrons. The number of methoxy groups -OCH3 is 1. The van der Waals surface area contributed by atoms with E-state index in [-0.39, 0.29) is 0 Å². The zero-order chi connectivity index (χ0) is 14.7. The molecule has 2 aromatic rings. The van der Waals surface area contributed by atoms with Crippen molar-refractivity contribution >= 4 is 5.69 Å². The minimum absolute atomic E-state index is 0.364. The molecule has 3 nitrogen and oxygen atoms in total. The Balaban J connectivity index is 2.28. The Morgan fingerprint density at radius 1 is 1.15 bits per heavy atom. The van der Waals surface area contributed by atoms with Crippen LogP contribution in [0.1, 0.15) is 18.5 Å². The van der Waals surface area contributed by atoms with Gasteiger partial charge in [-0.25, -0.2) is 8.78 Å². The number of nitrogens with one attached hydrogen (secondary N) is 1. The maximum Gasteiger partial charge on any atom is 0.166 e. The molecule has 0 fully saturated rings. The van der Waals surface area contributed by atoms with Crippen LogP contribution in [0.4, 0.5) is 14.5 Å². The van der Waals surface area contributed by atoms with Crippen LogP contribution in [-0.4, -0.2) is 12.2 Å². The molecule has 1 atom stereocenters. The lowest BCUT2D eigenvalue weighted by molar-refractivity contribution is 0.402. The zero-order valence-electron chi connectivity index (χ0n) is 11.2. The van der Waals surface area contributed by atoms with Gasteiger partial charge in [0, 0.05) is 11.8 Å². The number of rotatable bonds is 4. The quantitative estimate of drug-likeness (QED) is 0.835. The van der Waals surface area contributed by atoms with Gasteiger partial charge in [-0.2, -0.15) is 0 Å². The molecule has 2 rings (SSSR count). The molecule has 0 radical (unpaired) electrons. The summed E-state index contributed by atoms with van der Waals surface area (Å²) in [5, 5.41) is 12.1. The molecule has 20 heavy (non-hydrogen) atoms. The van der Waals surface area contributed by atoms with Crippen LogP contribution in [0.15, 0.2) is 36.4 Å². The van der Waals surface area contributed by atoms with Crippen molar-refractivity contribution in [2.75, 3.05) is 12.4 Å². The summed E-state index contributed by atoms with van der Waals surface area (Å²) in [6.45, 7) is 1.74. The second-order valence-corrected chi connectivity index (χ2v) is 4.39. The van der Waals surface area contributed by atoms with Crippen LogP contribution in [0, 0.1) is 11.6 Å². The third kappa shape index (κ3) is 2.82. The van der Waals surface area contributed by atoms with E-state index in [4.69, 9.17) is 9.84 Å². The number of hydrogen-bond acceptors (Lipinski definition) is 3. The maximum atomic E-state index is 13.9. The van der Waals surface area contributed by atoms with Crippen LogP contribution in [0.25, 0.3) is 0 Å². The summed E-state index contributed by atoms with van der Waals surface area (Å²) < 4.78 is 32.3. The number of aromatic hydroxyl groups is 1. The Bertz CT molecular complexity index is 617. The van der Waals surface area contributed by atoms with Crippen LogP contribution >= 0.6 is 0 Å². The molecule has 5 heteroatoms. The predicted octanol–water partition coefficient (Wildman–Crippen LogP) is 3.85. The van der Waals surface area contributed by atoms with Crippen molar-refractivity contribution in [1.29, 1.82) is 0 Å². The molecule has 0 amide bonds. The van der Waals surface area contributed by atoms with Crippen LogP contribution in [0.2, 0.25) is 0 Å². The van der Waals surface area contributed by atoms with Gasteiger partial charge in [0.1, 0.15) is 11.6 Å². The number of phenolic OH excluding ortho intramolecular Hbond substituents is 1. The first-order chi connectivity index (χ1) is 9.52. The van der Waals surface area contributed by atoms with E-state index in [0.29, 0.717) is 17.0 Å². The summed E-state index contributed by atoms with van der Waals surface area (Å²) in [6, 6.07) is 8.05. The van der Waals surface area contributed by atoms with Crippen molar-refractivity contribution in [2.45, 2.75) is 13.0 Å². The van der Waals surface area contributed by atoms with Crippen molar-refractivity contribution in [3.63, 3.8) is 0 Å². The van der Waals surface area contributed by atoms with E-state index in [1.807, 2.05) is 0 Å². The Morgan fingerprint density at radius 2 is 1.90 bits per heavy atom. The molecule has 0 saturated heterocycles. The number of benzene rings is 2. The molecule has 2 N–H and O–H groups in total. The van der Waals surface area contributed by atoms with E-state index in [9.17, 15) is 8.78 Å². The Kier molecular flexibility index (Phi) is 4.08. The summed E-state index contributed by atoms with van der Waals surface area (Å²) in [5.41, 5.74) is 0.807. The van der Waals surface area contributed by atoms with Crippen LogP contribution in [0.5, 0.6) is 11.5 Å². The zero-order valence-corrected chi connectivity index (χ0v) is 11.2. The molecule has 0 aliphatic carbocycles. The van der Waals surface area contributed by atoms with Gasteiger partial charge in [-0.1, -0.05) is 6.07 Å². The highest BCUT2D eigenvalue weighted by molar-refractivity contribution is 5.50. The molecule has 0 bridgehead atoms. The van der Waals surface area contributed by atoms with Crippen molar-refractivity contribution in [1.82, 2.24) is 0 Å². The highest BCUT2D eigenvalue weighted by atomic mass is 19.1. The molecular weight excluding hydrogens is 264 g/mol. The number of anilines is 1. The fraction of sp³-hybridized carbons (Fsp3) is 0.200.